The minimum atomic E-state index is -0.886. The first-order valence-corrected chi connectivity index (χ1v) is 23.2. The van der Waals surface area contributed by atoms with Crippen LogP contribution in [0.1, 0.15) is 168 Å². The third-order valence-corrected chi connectivity index (χ3v) is 9.93. The Morgan fingerprint density at radius 1 is 0.525 bits per heavy atom. The lowest BCUT2D eigenvalue weighted by Gasteiger charge is -2.31. The Balaban J connectivity index is 4.37. The number of ether oxygens (including phenoxy) is 3. The molecular formula is C51H86NO7+. The van der Waals surface area contributed by atoms with Crippen LogP contribution in [0.15, 0.2) is 85.1 Å². The fourth-order valence-electron chi connectivity index (χ4n) is 6.34. The Hall–Kier alpha value is -3.49. The Bertz CT molecular complexity index is 1240. The molecule has 0 aliphatic heterocycles. The second-order valence-electron chi connectivity index (χ2n) is 16.4. The van der Waals surface area contributed by atoms with Gasteiger partial charge in [-0.3, -0.25) is 9.59 Å². The Morgan fingerprint density at radius 3 is 1.44 bits per heavy atom. The van der Waals surface area contributed by atoms with Crippen molar-refractivity contribution in [1.29, 1.82) is 0 Å². The molecule has 8 heteroatoms. The number of nitrogens with zero attached hydrogens (tertiary/aromatic N) is 1. The average molecular weight is 825 g/mol. The van der Waals surface area contributed by atoms with Crippen LogP contribution >= 0.6 is 0 Å². The number of likely N-dealkylation sites (N-methyl/N-ethyl adjacent to an activating group) is 1. The maximum atomic E-state index is 12.7. The minimum Gasteiger partial charge on any atom is -0.477 e. The molecule has 0 aliphatic carbocycles. The van der Waals surface area contributed by atoms with Crippen LogP contribution in [0.25, 0.3) is 0 Å². The molecule has 2 unspecified atom stereocenters. The highest BCUT2D eigenvalue weighted by molar-refractivity contribution is 5.72. The molecule has 0 radical (unpaired) electrons. The number of hydrogen-bond acceptors (Lipinski definition) is 6. The number of aliphatic carboxylic acids is 1. The summed E-state index contributed by atoms with van der Waals surface area (Å²) in [5.41, 5.74) is 0. The van der Waals surface area contributed by atoms with Gasteiger partial charge in [0.25, 0.3) is 0 Å². The van der Waals surface area contributed by atoms with Gasteiger partial charge in [-0.1, -0.05) is 176 Å². The van der Waals surface area contributed by atoms with Crippen LogP contribution < -0.4 is 0 Å². The summed E-state index contributed by atoms with van der Waals surface area (Å²) in [7, 11) is 5.50. The van der Waals surface area contributed by atoms with Crippen molar-refractivity contribution in [3.63, 3.8) is 0 Å². The van der Waals surface area contributed by atoms with Crippen LogP contribution in [0.5, 0.6) is 0 Å². The van der Waals surface area contributed by atoms with Crippen LogP contribution in [-0.2, 0) is 28.6 Å². The van der Waals surface area contributed by atoms with Crippen LogP contribution in [0.3, 0.4) is 0 Å². The van der Waals surface area contributed by atoms with Crippen molar-refractivity contribution < 1.29 is 38.2 Å². The van der Waals surface area contributed by atoms with E-state index in [2.05, 4.69) is 50.3 Å². The quantitative estimate of drug-likeness (QED) is 0.0284. The molecule has 0 saturated carbocycles. The zero-order chi connectivity index (χ0) is 43.5. The number of esters is 2. The predicted molar refractivity (Wildman–Crippen MR) is 247 cm³/mol. The standard InChI is InChI=1S/C51H85NO7/c1-6-8-10-12-14-16-18-20-22-23-24-25-26-28-29-31-33-35-37-39-41-49(53)58-46-47(45-57-44-43-48(51(55)56)52(3,4)5)59-50(54)42-40-38-36-34-32-30-27-21-19-17-15-13-11-9-7-2/h9,11,13,15-22,27,30,32,47-48H,6-8,10,12,14,23-26,28-29,31,33-46H2,1-5H3/p+1/b11-9+,15-13+,18-16+,19-17+,22-20+,27-21+,32-30+. The zero-order valence-corrected chi connectivity index (χ0v) is 38.2. The van der Waals surface area contributed by atoms with Gasteiger partial charge in [-0.05, 0) is 57.8 Å². The van der Waals surface area contributed by atoms with E-state index in [1.807, 2.05) is 69.8 Å². The van der Waals surface area contributed by atoms with Crippen LogP contribution in [0, 0.1) is 0 Å². The summed E-state index contributed by atoms with van der Waals surface area (Å²) in [6, 6.07) is -0.628. The van der Waals surface area contributed by atoms with E-state index in [1.165, 1.54) is 83.5 Å². The number of quaternary nitrogens is 1. The third-order valence-electron chi connectivity index (χ3n) is 9.93. The molecule has 0 saturated heterocycles. The molecule has 0 aromatic carbocycles. The molecule has 0 rings (SSSR count). The molecule has 336 valence electrons. The summed E-state index contributed by atoms with van der Waals surface area (Å²) < 4.78 is 17.2. The number of carboxylic acid groups (broad SMARTS) is 1. The van der Waals surface area contributed by atoms with Gasteiger partial charge in [0.1, 0.15) is 6.61 Å². The van der Waals surface area contributed by atoms with Crippen molar-refractivity contribution in [2.45, 2.75) is 180 Å². The molecule has 0 amide bonds. The smallest absolute Gasteiger partial charge is 0.362 e. The van der Waals surface area contributed by atoms with Crippen molar-refractivity contribution >= 4 is 17.9 Å². The first-order valence-electron chi connectivity index (χ1n) is 23.2. The van der Waals surface area contributed by atoms with Gasteiger partial charge in [-0.25, -0.2) is 4.79 Å². The summed E-state index contributed by atoms with van der Waals surface area (Å²) in [5, 5.41) is 9.63. The molecular weight excluding hydrogens is 739 g/mol. The number of rotatable bonds is 40. The van der Waals surface area contributed by atoms with E-state index in [-0.39, 0.29) is 42.7 Å². The maximum Gasteiger partial charge on any atom is 0.362 e. The van der Waals surface area contributed by atoms with Crippen molar-refractivity contribution in [3.8, 4) is 0 Å². The lowest BCUT2D eigenvalue weighted by molar-refractivity contribution is -0.887. The monoisotopic (exact) mass is 825 g/mol. The van der Waals surface area contributed by atoms with E-state index < -0.39 is 18.1 Å². The Labute approximate surface area is 361 Å². The van der Waals surface area contributed by atoms with Crippen LogP contribution in [0.2, 0.25) is 0 Å². The minimum absolute atomic E-state index is 0.0378. The highest BCUT2D eigenvalue weighted by Crippen LogP contribution is 2.14. The first kappa shape index (κ1) is 55.5. The fourth-order valence-corrected chi connectivity index (χ4v) is 6.34. The van der Waals surface area contributed by atoms with Crippen LogP contribution in [-0.4, -0.2) is 80.6 Å². The molecule has 1 N–H and O–H groups in total. The second-order valence-corrected chi connectivity index (χ2v) is 16.4. The number of allylic oxidation sites excluding steroid dienone is 14. The van der Waals surface area contributed by atoms with Gasteiger partial charge in [-0.15, -0.1) is 0 Å². The Morgan fingerprint density at radius 2 is 0.949 bits per heavy atom. The maximum absolute atomic E-state index is 12.7. The molecule has 0 fully saturated rings. The summed E-state index contributed by atoms with van der Waals surface area (Å²) in [6.07, 6.45) is 53.4. The number of carbonyl (C=O) groups excluding carboxylic acids is 2. The molecule has 0 heterocycles. The topological polar surface area (TPSA) is 99.1 Å². The SMILES string of the molecule is CC/C=C/C=C/C=C/C=C/C=C/CCCCCC(=O)OC(COCCC(C(=O)O)[N+](C)(C)C)COC(=O)CCCCCCCCCCCC/C=C/C=C/CCCCCC. The van der Waals surface area contributed by atoms with Crippen molar-refractivity contribution in [3.05, 3.63) is 85.1 Å². The van der Waals surface area contributed by atoms with E-state index in [1.54, 1.807) is 0 Å². The average Bonchev–Trinajstić information content (AvgIpc) is 3.19. The molecule has 0 aromatic rings. The third kappa shape index (κ3) is 39.7. The summed E-state index contributed by atoms with van der Waals surface area (Å²) in [4.78, 5) is 37.0. The number of hydrogen-bond donors (Lipinski definition) is 1. The largest absolute Gasteiger partial charge is 0.477 e. The highest BCUT2D eigenvalue weighted by Gasteiger charge is 2.31. The first-order chi connectivity index (χ1) is 28.6. The van der Waals surface area contributed by atoms with Gasteiger partial charge in [0.2, 0.25) is 0 Å². The lowest BCUT2D eigenvalue weighted by atomic mass is 10.1. The van der Waals surface area contributed by atoms with Gasteiger partial charge >= 0.3 is 17.9 Å². The summed E-state index contributed by atoms with van der Waals surface area (Å²) >= 11 is 0. The molecule has 2 atom stereocenters. The molecule has 8 nitrogen and oxygen atoms in total. The summed E-state index contributed by atoms with van der Waals surface area (Å²) in [6.45, 7) is 4.51. The van der Waals surface area contributed by atoms with E-state index in [9.17, 15) is 19.5 Å². The van der Waals surface area contributed by atoms with Gasteiger partial charge < -0.3 is 23.8 Å². The lowest BCUT2D eigenvalue weighted by Crippen LogP contribution is -2.50. The second kappa shape index (κ2) is 41.3. The Kier molecular flexibility index (Phi) is 38.8. The van der Waals surface area contributed by atoms with Crippen molar-refractivity contribution in [2.75, 3.05) is 41.0 Å². The van der Waals surface area contributed by atoms with Gasteiger partial charge in [-0.2, -0.15) is 0 Å². The fraction of sp³-hybridized carbons (Fsp3) is 0.667. The van der Waals surface area contributed by atoms with E-state index >= 15 is 0 Å². The van der Waals surface area contributed by atoms with Gasteiger partial charge in [0.15, 0.2) is 12.1 Å². The predicted octanol–water partition coefficient (Wildman–Crippen LogP) is 12.9. The zero-order valence-electron chi connectivity index (χ0n) is 38.2. The summed E-state index contributed by atoms with van der Waals surface area (Å²) in [5.74, 6) is -1.54. The van der Waals surface area contributed by atoms with E-state index in [4.69, 9.17) is 14.2 Å². The molecule has 0 aliphatic rings. The van der Waals surface area contributed by atoms with Crippen LogP contribution in [0.4, 0.5) is 0 Å². The number of unbranched alkanes of at least 4 members (excludes halogenated alkanes) is 17. The number of carboxylic acids is 1. The molecule has 0 spiro atoms. The normalized spacial score (nSPS) is 13.7. The van der Waals surface area contributed by atoms with Crippen molar-refractivity contribution in [2.24, 2.45) is 0 Å². The van der Waals surface area contributed by atoms with Gasteiger partial charge in [0.05, 0.1) is 34.4 Å². The van der Waals surface area contributed by atoms with E-state index in [0.29, 0.717) is 19.3 Å². The molecule has 59 heavy (non-hydrogen) atoms. The highest BCUT2D eigenvalue weighted by atomic mass is 16.6. The van der Waals surface area contributed by atoms with E-state index in [0.717, 1.165) is 44.9 Å². The van der Waals surface area contributed by atoms with Gasteiger partial charge in [0, 0.05) is 19.3 Å². The molecule has 0 aromatic heterocycles. The molecule has 0 bridgehead atoms. The number of carbonyl (C=O) groups is 3. The van der Waals surface area contributed by atoms with Crippen molar-refractivity contribution in [1.82, 2.24) is 0 Å².